The van der Waals surface area contributed by atoms with Crippen LogP contribution in [-0.2, 0) is 6.42 Å². The van der Waals surface area contributed by atoms with E-state index in [2.05, 4.69) is 34.6 Å². The number of nitrogens with zero attached hydrogens (tertiary/aromatic N) is 2. The molecule has 1 aromatic heterocycles. The summed E-state index contributed by atoms with van der Waals surface area (Å²) in [5.41, 5.74) is 3.68. The number of hydrogen-bond donors (Lipinski definition) is 3. The molecule has 2 unspecified atom stereocenters. The van der Waals surface area contributed by atoms with Gasteiger partial charge in [-0.1, -0.05) is 33.1 Å². The predicted octanol–water partition coefficient (Wildman–Crippen LogP) is 3.01. The molecule has 2 atom stereocenters. The van der Waals surface area contributed by atoms with E-state index in [-0.39, 0.29) is 0 Å². The number of hydrogen-bond acceptors (Lipinski definition) is 5. The minimum absolute atomic E-state index is 0.501. The van der Waals surface area contributed by atoms with Crippen molar-refractivity contribution in [2.24, 2.45) is 11.8 Å². The highest BCUT2D eigenvalue weighted by Gasteiger charge is 2.21. The molecule has 5 nitrogen and oxygen atoms in total. The zero-order chi connectivity index (χ0) is 14.5. The smallest absolute Gasteiger partial charge is 0.148 e. The summed E-state index contributed by atoms with van der Waals surface area (Å²) in [4.78, 5) is 9.05. The highest BCUT2D eigenvalue weighted by molar-refractivity contribution is 5.57. The lowest BCUT2D eigenvalue weighted by Crippen LogP contribution is -2.28. The van der Waals surface area contributed by atoms with Gasteiger partial charge in [0.25, 0.3) is 0 Å². The van der Waals surface area contributed by atoms with Gasteiger partial charge in [-0.2, -0.15) is 0 Å². The van der Waals surface area contributed by atoms with Gasteiger partial charge in [0.15, 0.2) is 0 Å². The third kappa shape index (κ3) is 3.39. The van der Waals surface area contributed by atoms with Gasteiger partial charge in [-0.15, -0.1) is 0 Å². The van der Waals surface area contributed by atoms with Crippen LogP contribution in [0.1, 0.15) is 57.3 Å². The molecule has 0 bridgehead atoms. The molecule has 5 heteroatoms. The predicted molar refractivity (Wildman–Crippen MR) is 83.6 cm³/mol. The van der Waals surface area contributed by atoms with E-state index in [1.807, 2.05) is 6.92 Å². The lowest BCUT2D eigenvalue weighted by Gasteiger charge is -2.25. The first-order valence-corrected chi connectivity index (χ1v) is 7.76. The molecule has 4 N–H and O–H groups in total. The van der Waals surface area contributed by atoms with E-state index in [1.165, 1.54) is 32.1 Å². The second-order valence-electron chi connectivity index (χ2n) is 5.83. The Balaban J connectivity index is 2.22. The number of nitrogens with one attached hydrogen (secondary N) is 2. The van der Waals surface area contributed by atoms with Crippen molar-refractivity contribution in [1.82, 2.24) is 9.97 Å². The van der Waals surface area contributed by atoms with Gasteiger partial charge in [0.2, 0.25) is 0 Å². The van der Waals surface area contributed by atoms with E-state index in [0.717, 1.165) is 29.4 Å². The Morgan fingerprint density at radius 1 is 1.15 bits per heavy atom. The summed E-state index contributed by atoms with van der Waals surface area (Å²) in [7, 11) is 0. The number of anilines is 2. The van der Waals surface area contributed by atoms with Gasteiger partial charge in [0.05, 0.1) is 0 Å². The quantitative estimate of drug-likeness (QED) is 0.448. The normalized spacial score (nSPS) is 23.2. The summed E-state index contributed by atoms with van der Waals surface area (Å²) in [6.07, 6.45) is 7.32. The number of aromatic nitrogens is 2. The highest BCUT2D eigenvalue weighted by atomic mass is 15.3. The van der Waals surface area contributed by atoms with Crippen LogP contribution in [0.25, 0.3) is 0 Å². The largest absolute Gasteiger partial charge is 0.367 e. The van der Waals surface area contributed by atoms with Crippen LogP contribution in [0.5, 0.6) is 0 Å². The van der Waals surface area contributed by atoms with Gasteiger partial charge >= 0.3 is 0 Å². The van der Waals surface area contributed by atoms with Crippen LogP contribution in [0.2, 0.25) is 0 Å². The molecule has 1 aliphatic carbocycles. The van der Waals surface area contributed by atoms with Crippen LogP contribution in [0.4, 0.5) is 11.6 Å². The van der Waals surface area contributed by atoms with Crippen molar-refractivity contribution in [1.29, 1.82) is 0 Å². The standard InChI is InChI=1S/C15H27N5/c1-4-13-18-14(11(3)15(19-13)20-16)17-12-9-7-5-6-8-10(12)2/h10,12H,4-9,16H2,1-3H3,(H2,17,18,19,20). The van der Waals surface area contributed by atoms with Gasteiger partial charge in [-0.3, -0.25) is 0 Å². The lowest BCUT2D eigenvalue weighted by molar-refractivity contribution is 0.455. The van der Waals surface area contributed by atoms with Crippen LogP contribution in [-0.4, -0.2) is 16.0 Å². The molecule has 0 spiro atoms. The first-order chi connectivity index (χ1) is 9.65. The molecule has 0 amide bonds. The summed E-state index contributed by atoms with van der Waals surface area (Å²) in [6.45, 7) is 6.41. The fraction of sp³-hybridized carbons (Fsp3) is 0.733. The summed E-state index contributed by atoms with van der Waals surface area (Å²) in [5, 5.41) is 3.64. The van der Waals surface area contributed by atoms with Crippen molar-refractivity contribution in [3.8, 4) is 0 Å². The fourth-order valence-corrected chi connectivity index (χ4v) is 2.89. The average Bonchev–Trinajstić information content (AvgIpc) is 2.66. The second kappa shape index (κ2) is 6.88. The minimum atomic E-state index is 0.501. The molecular weight excluding hydrogens is 250 g/mol. The fourth-order valence-electron chi connectivity index (χ4n) is 2.89. The molecule has 0 saturated heterocycles. The second-order valence-corrected chi connectivity index (χ2v) is 5.83. The first kappa shape index (κ1) is 15.0. The summed E-state index contributed by atoms with van der Waals surface area (Å²) in [5.74, 6) is 8.73. The SMILES string of the molecule is CCc1nc(NN)c(C)c(NC2CCCCCC2C)n1. The van der Waals surface area contributed by atoms with Gasteiger partial charge in [0.1, 0.15) is 17.5 Å². The van der Waals surface area contributed by atoms with Crippen LogP contribution >= 0.6 is 0 Å². The summed E-state index contributed by atoms with van der Waals surface area (Å²) in [6, 6.07) is 0.501. The van der Waals surface area contributed by atoms with Crippen molar-refractivity contribution in [3.63, 3.8) is 0 Å². The Morgan fingerprint density at radius 2 is 1.85 bits per heavy atom. The van der Waals surface area contributed by atoms with E-state index >= 15 is 0 Å². The molecule has 20 heavy (non-hydrogen) atoms. The molecule has 1 aromatic rings. The lowest BCUT2D eigenvalue weighted by atomic mass is 9.97. The highest BCUT2D eigenvalue weighted by Crippen LogP contribution is 2.28. The zero-order valence-electron chi connectivity index (χ0n) is 12.9. The maximum atomic E-state index is 5.56. The maximum Gasteiger partial charge on any atom is 0.148 e. The monoisotopic (exact) mass is 277 g/mol. The number of aryl methyl sites for hydroxylation is 1. The Morgan fingerprint density at radius 3 is 2.55 bits per heavy atom. The number of nitrogens with two attached hydrogens (primary N) is 1. The first-order valence-electron chi connectivity index (χ1n) is 7.76. The Hall–Kier alpha value is -1.36. The minimum Gasteiger partial charge on any atom is -0.367 e. The van der Waals surface area contributed by atoms with Crippen molar-refractivity contribution in [2.45, 2.75) is 65.3 Å². The molecular formula is C15H27N5. The Labute approximate surface area is 121 Å². The van der Waals surface area contributed by atoms with E-state index in [9.17, 15) is 0 Å². The molecule has 0 aromatic carbocycles. The van der Waals surface area contributed by atoms with Crippen molar-refractivity contribution in [3.05, 3.63) is 11.4 Å². The van der Waals surface area contributed by atoms with Crippen LogP contribution in [0, 0.1) is 12.8 Å². The number of rotatable bonds is 4. The molecule has 0 aliphatic heterocycles. The van der Waals surface area contributed by atoms with Crippen LogP contribution < -0.4 is 16.6 Å². The maximum absolute atomic E-state index is 5.56. The van der Waals surface area contributed by atoms with E-state index < -0.39 is 0 Å². The average molecular weight is 277 g/mol. The molecule has 0 radical (unpaired) electrons. The van der Waals surface area contributed by atoms with E-state index in [1.54, 1.807) is 0 Å². The Bertz CT molecular complexity index is 446. The zero-order valence-corrected chi connectivity index (χ0v) is 12.9. The van der Waals surface area contributed by atoms with E-state index in [0.29, 0.717) is 12.0 Å². The van der Waals surface area contributed by atoms with Crippen LogP contribution in [0.15, 0.2) is 0 Å². The number of hydrazine groups is 1. The number of nitrogen functional groups attached to an aromatic ring is 1. The van der Waals surface area contributed by atoms with Gasteiger partial charge < -0.3 is 10.7 Å². The Kier molecular flexibility index (Phi) is 5.17. The van der Waals surface area contributed by atoms with Crippen molar-refractivity contribution >= 4 is 11.6 Å². The van der Waals surface area contributed by atoms with Gasteiger partial charge in [0, 0.05) is 18.0 Å². The molecule has 1 heterocycles. The topological polar surface area (TPSA) is 75.9 Å². The van der Waals surface area contributed by atoms with Crippen LogP contribution in [0.3, 0.4) is 0 Å². The van der Waals surface area contributed by atoms with E-state index in [4.69, 9.17) is 5.84 Å². The third-order valence-corrected chi connectivity index (χ3v) is 4.33. The molecule has 112 valence electrons. The third-order valence-electron chi connectivity index (χ3n) is 4.33. The molecule has 1 saturated carbocycles. The molecule has 1 aliphatic rings. The molecule has 2 rings (SSSR count). The van der Waals surface area contributed by atoms with Crippen molar-refractivity contribution < 1.29 is 0 Å². The van der Waals surface area contributed by atoms with Gasteiger partial charge in [-0.05, 0) is 25.7 Å². The van der Waals surface area contributed by atoms with Gasteiger partial charge in [-0.25, -0.2) is 15.8 Å². The van der Waals surface area contributed by atoms with Crippen molar-refractivity contribution in [2.75, 3.05) is 10.7 Å². The summed E-state index contributed by atoms with van der Waals surface area (Å²) < 4.78 is 0. The summed E-state index contributed by atoms with van der Waals surface area (Å²) >= 11 is 0. The molecule has 1 fully saturated rings.